The molecule has 8 heteroatoms. The lowest BCUT2D eigenvalue weighted by Crippen LogP contribution is -2.42. The summed E-state index contributed by atoms with van der Waals surface area (Å²) in [7, 11) is 0. The molecule has 0 unspecified atom stereocenters. The smallest absolute Gasteiger partial charge is 0.343 e. The number of carbonyl (C=O) groups is 2. The van der Waals surface area contributed by atoms with Crippen molar-refractivity contribution in [3.8, 4) is 5.69 Å². The summed E-state index contributed by atoms with van der Waals surface area (Å²) < 4.78 is 11.8. The fourth-order valence-corrected chi connectivity index (χ4v) is 2.92. The summed E-state index contributed by atoms with van der Waals surface area (Å²) >= 11 is 6.31. The highest BCUT2D eigenvalue weighted by Gasteiger charge is 2.24. The van der Waals surface area contributed by atoms with Crippen LogP contribution in [0.15, 0.2) is 30.3 Å². The number of aryl methyl sites for hydroxylation is 1. The third kappa shape index (κ3) is 3.83. The third-order valence-electron chi connectivity index (χ3n) is 3.90. The highest BCUT2D eigenvalue weighted by molar-refractivity contribution is 6.33. The van der Waals surface area contributed by atoms with Gasteiger partial charge in [0.15, 0.2) is 6.61 Å². The SMILES string of the molecule is Cc1nn(-c2ccccc2)c(Cl)c1C(=O)OCC(=O)N1CCOCC1. The van der Waals surface area contributed by atoms with Crippen LogP contribution in [0.5, 0.6) is 0 Å². The molecule has 1 aliphatic rings. The standard InChI is InChI=1S/C17H18ClN3O4/c1-12-15(16(18)21(19-12)13-5-3-2-4-6-13)17(23)25-11-14(22)20-7-9-24-10-8-20/h2-6H,7-11H2,1H3. The monoisotopic (exact) mass is 363 g/mol. The number of amides is 1. The zero-order valence-corrected chi connectivity index (χ0v) is 14.5. The zero-order chi connectivity index (χ0) is 17.8. The Balaban J connectivity index is 1.70. The van der Waals surface area contributed by atoms with Crippen LogP contribution < -0.4 is 0 Å². The van der Waals surface area contributed by atoms with Gasteiger partial charge in [0.1, 0.15) is 10.7 Å². The lowest BCUT2D eigenvalue weighted by atomic mass is 10.2. The van der Waals surface area contributed by atoms with E-state index in [1.165, 1.54) is 4.68 Å². The lowest BCUT2D eigenvalue weighted by molar-refractivity contribution is -0.138. The van der Waals surface area contributed by atoms with E-state index in [-0.39, 0.29) is 23.2 Å². The van der Waals surface area contributed by atoms with Gasteiger partial charge in [-0.1, -0.05) is 29.8 Å². The molecule has 1 saturated heterocycles. The molecule has 0 aliphatic carbocycles. The molecular formula is C17H18ClN3O4. The van der Waals surface area contributed by atoms with Crippen molar-refractivity contribution in [2.45, 2.75) is 6.92 Å². The first-order valence-electron chi connectivity index (χ1n) is 7.91. The van der Waals surface area contributed by atoms with Crippen molar-refractivity contribution in [1.82, 2.24) is 14.7 Å². The van der Waals surface area contributed by atoms with Gasteiger partial charge in [0.2, 0.25) is 0 Å². The number of para-hydroxylation sites is 1. The van der Waals surface area contributed by atoms with Crippen LogP contribution in [-0.4, -0.2) is 59.5 Å². The highest BCUT2D eigenvalue weighted by Crippen LogP contribution is 2.24. The van der Waals surface area contributed by atoms with Gasteiger partial charge in [-0.15, -0.1) is 0 Å². The van der Waals surface area contributed by atoms with Crippen LogP contribution in [0.25, 0.3) is 5.69 Å². The zero-order valence-electron chi connectivity index (χ0n) is 13.8. The molecule has 0 spiro atoms. The average molecular weight is 364 g/mol. The van der Waals surface area contributed by atoms with Gasteiger partial charge in [0, 0.05) is 13.1 Å². The van der Waals surface area contributed by atoms with Crippen molar-refractivity contribution in [2.24, 2.45) is 0 Å². The predicted molar refractivity (Wildman–Crippen MR) is 91.0 cm³/mol. The molecule has 3 rings (SSSR count). The molecule has 0 bridgehead atoms. The van der Waals surface area contributed by atoms with Gasteiger partial charge in [-0.05, 0) is 19.1 Å². The first-order chi connectivity index (χ1) is 12.1. The molecule has 0 saturated carbocycles. The molecule has 1 aromatic heterocycles. The van der Waals surface area contributed by atoms with Crippen LogP contribution in [0.1, 0.15) is 16.1 Å². The number of hydrogen-bond donors (Lipinski definition) is 0. The Bertz CT molecular complexity index is 770. The number of hydrogen-bond acceptors (Lipinski definition) is 5. The van der Waals surface area contributed by atoms with E-state index in [2.05, 4.69) is 5.10 Å². The Hall–Kier alpha value is -2.38. The summed E-state index contributed by atoms with van der Waals surface area (Å²) in [6, 6.07) is 9.23. The fraction of sp³-hybridized carbons (Fsp3) is 0.353. The predicted octanol–water partition coefficient (Wildman–Crippen LogP) is 1.85. The maximum absolute atomic E-state index is 12.4. The molecule has 2 heterocycles. The van der Waals surface area contributed by atoms with Gasteiger partial charge in [-0.2, -0.15) is 5.10 Å². The van der Waals surface area contributed by atoms with E-state index in [9.17, 15) is 9.59 Å². The Morgan fingerprint density at radius 3 is 2.60 bits per heavy atom. The summed E-state index contributed by atoms with van der Waals surface area (Å²) in [6.07, 6.45) is 0. The minimum Gasteiger partial charge on any atom is -0.452 e. The number of benzene rings is 1. The summed E-state index contributed by atoms with van der Waals surface area (Å²) in [5, 5.41) is 4.45. The second kappa shape index (κ2) is 7.67. The van der Waals surface area contributed by atoms with Crippen molar-refractivity contribution in [2.75, 3.05) is 32.9 Å². The minimum absolute atomic E-state index is 0.160. The second-order valence-electron chi connectivity index (χ2n) is 5.57. The first kappa shape index (κ1) is 17.4. The Morgan fingerprint density at radius 2 is 1.92 bits per heavy atom. The quantitative estimate of drug-likeness (QED) is 0.775. The topological polar surface area (TPSA) is 73.7 Å². The molecule has 1 fully saturated rings. The van der Waals surface area contributed by atoms with Crippen LogP contribution in [0.3, 0.4) is 0 Å². The summed E-state index contributed by atoms with van der Waals surface area (Å²) in [4.78, 5) is 26.0. The normalized spacial score (nSPS) is 14.4. The lowest BCUT2D eigenvalue weighted by Gasteiger charge is -2.26. The van der Waals surface area contributed by atoms with Crippen LogP contribution in [0.4, 0.5) is 0 Å². The maximum atomic E-state index is 12.4. The molecule has 1 aliphatic heterocycles. The number of ether oxygens (including phenoxy) is 2. The molecule has 1 aromatic carbocycles. The summed E-state index contributed by atoms with van der Waals surface area (Å²) in [6.45, 7) is 3.34. The van der Waals surface area contributed by atoms with Crippen molar-refractivity contribution >= 4 is 23.5 Å². The number of carbonyl (C=O) groups excluding carboxylic acids is 2. The largest absolute Gasteiger partial charge is 0.452 e. The van der Waals surface area contributed by atoms with Crippen LogP contribution in [0, 0.1) is 6.92 Å². The van der Waals surface area contributed by atoms with Crippen LogP contribution in [0.2, 0.25) is 5.15 Å². The third-order valence-corrected chi connectivity index (χ3v) is 4.25. The van der Waals surface area contributed by atoms with Gasteiger partial charge in [-0.3, -0.25) is 4.79 Å². The number of esters is 1. The van der Waals surface area contributed by atoms with Gasteiger partial charge in [0.25, 0.3) is 5.91 Å². The van der Waals surface area contributed by atoms with Gasteiger partial charge in [0.05, 0.1) is 24.6 Å². The molecule has 132 valence electrons. The van der Waals surface area contributed by atoms with E-state index in [1.54, 1.807) is 11.8 Å². The van der Waals surface area contributed by atoms with E-state index in [4.69, 9.17) is 21.1 Å². The van der Waals surface area contributed by atoms with Gasteiger partial charge >= 0.3 is 5.97 Å². The molecule has 2 aromatic rings. The van der Waals surface area contributed by atoms with E-state index < -0.39 is 5.97 Å². The van der Waals surface area contributed by atoms with Crippen LogP contribution >= 0.6 is 11.6 Å². The molecule has 7 nitrogen and oxygen atoms in total. The minimum atomic E-state index is -0.661. The fourth-order valence-electron chi connectivity index (χ4n) is 2.57. The van der Waals surface area contributed by atoms with Gasteiger partial charge < -0.3 is 14.4 Å². The molecule has 0 N–H and O–H groups in total. The van der Waals surface area contributed by atoms with Gasteiger partial charge in [-0.25, -0.2) is 9.48 Å². The number of aromatic nitrogens is 2. The number of morpholine rings is 1. The highest BCUT2D eigenvalue weighted by atomic mass is 35.5. The summed E-state index contributed by atoms with van der Waals surface area (Å²) in [5.74, 6) is -0.910. The molecule has 0 atom stereocenters. The van der Waals surface area contributed by atoms with E-state index in [0.717, 1.165) is 5.69 Å². The maximum Gasteiger partial charge on any atom is 0.343 e. The average Bonchev–Trinajstić information content (AvgIpc) is 2.95. The van der Waals surface area contributed by atoms with E-state index >= 15 is 0 Å². The van der Waals surface area contributed by atoms with Crippen molar-refractivity contribution in [3.05, 3.63) is 46.7 Å². The summed E-state index contributed by atoms with van der Waals surface area (Å²) in [5.41, 5.74) is 1.34. The Kier molecular flexibility index (Phi) is 5.35. The van der Waals surface area contributed by atoms with E-state index in [1.807, 2.05) is 30.3 Å². The van der Waals surface area contributed by atoms with Crippen molar-refractivity contribution in [1.29, 1.82) is 0 Å². The number of nitrogens with zero attached hydrogens (tertiary/aromatic N) is 3. The molecule has 25 heavy (non-hydrogen) atoms. The van der Waals surface area contributed by atoms with Crippen molar-refractivity contribution in [3.63, 3.8) is 0 Å². The molecular weight excluding hydrogens is 346 g/mol. The molecule has 1 amide bonds. The number of rotatable bonds is 4. The van der Waals surface area contributed by atoms with E-state index in [0.29, 0.717) is 32.0 Å². The number of halogens is 1. The van der Waals surface area contributed by atoms with Crippen LogP contribution in [-0.2, 0) is 14.3 Å². The first-order valence-corrected chi connectivity index (χ1v) is 8.29. The second-order valence-corrected chi connectivity index (χ2v) is 5.93. The Morgan fingerprint density at radius 1 is 1.24 bits per heavy atom. The van der Waals surface area contributed by atoms with Crippen molar-refractivity contribution < 1.29 is 19.1 Å². The molecule has 0 radical (unpaired) electrons. The Labute approximate surface area is 150 Å².